The molecule has 1 aliphatic heterocycles. The van der Waals surface area contributed by atoms with Crippen LogP contribution in [-0.4, -0.2) is 57.8 Å². The van der Waals surface area contributed by atoms with E-state index in [-0.39, 0.29) is 12.6 Å². The van der Waals surface area contributed by atoms with E-state index in [2.05, 4.69) is 10.3 Å². The van der Waals surface area contributed by atoms with Crippen molar-refractivity contribution in [2.75, 3.05) is 13.7 Å². The molecule has 184 valence electrons. The first-order valence-corrected chi connectivity index (χ1v) is 12.4. The van der Waals surface area contributed by atoms with Crippen LogP contribution in [0, 0.1) is 0 Å². The van der Waals surface area contributed by atoms with Gasteiger partial charge in [-0.1, -0.05) is 48.5 Å². The predicted octanol–water partition coefficient (Wildman–Crippen LogP) is 2.44. The molecule has 1 aromatic heterocycles. The fourth-order valence-electron chi connectivity index (χ4n) is 4.32. The van der Waals surface area contributed by atoms with Gasteiger partial charge < -0.3 is 25.2 Å². The molecule has 0 spiro atoms. The Balaban J connectivity index is 1.32. The van der Waals surface area contributed by atoms with Gasteiger partial charge in [-0.15, -0.1) is 11.3 Å². The Bertz CT molecular complexity index is 1150. The second kappa shape index (κ2) is 11.4. The highest BCUT2D eigenvalue weighted by atomic mass is 32.1. The number of ether oxygens (including phenoxy) is 1. The zero-order valence-corrected chi connectivity index (χ0v) is 20.3. The van der Waals surface area contributed by atoms with Crippen molar-refractivity contribution in [1.29, 1.82) is 0 Å². The van der Waals surface area contributed by atoms with Crippen LogP contribution in [0.3, 0.4) is 0 Å². The van der Waals surface area contributed by atoms with Crippen molar-refractivity contribution in [3.05, 3.63) is 81.8 Å². The number of aliphatic hydroxyl groups excluding tert-OH is 2. The number of thiazole rings is 1. The summed E-state index contributed by atoms with van der Waals surface area (Å²) in [6.45, 7) is 0.557. The first-order chi connectivity index (χ1) is 17.0. The highest BCUT2D eigenvalue weighted by Gasteiger charge is 2.38. The summed E-state index contributed by atoms with van der Waals surface area (Å²) in [6, 6.07) is 17.1. The maximum atomic E-state index is 12.9. The average Bonchev–Trinajstić information content (AvgIpc) is 3.56. The normalized spacial score (nSPS) is 17.1. The number of likely N-dealkylation sites (tertiary alicyclic amines) is 1. The molecule has 4 rings (SSSR count). The van der Waals surface area contributed by atoms with E-state index in [0.29, 0.717) is 18.0 Å². The van der Waals surface area contributed by atoms with Crippen molar-refractivity contribution in [2.45, 2.75) is 44.1 Å². The van der Waals surface area contributed by atoms with Gasteiger partial charge >= 0.3 is 0 Å². The van der Waals surface area contributed by atoms with Crippen molar-refractivity contribution in [1.82, 2.24) is 15.2 Å². The smallest absolute Gasteiger partial charge is 0.255 e. The number of aromatic nitrogens is 1. The van der Waals surface area contributed by atoms with E-state index >= 15 is 0 Å². The van der Waals surface area contributed by atoms with Crippen molar-refractivity contribution in [3.63, 3.8) is 0 Å². The van der Waals surface area contributed by atoms with Gasteiger partial charge in [-0.2, -0.15) is 0 Å². The molecule has 2 heterocycles. The largest absolute Gasteiger partial charge is 0.496 e. The first kappa shape index (κ1) is 24.8. The quantitative estimate of drug-likeness (QED) is 0.421. The molecule has 0 aliphatic carbocycles. The fourth-order valence-corrected chi connectivity index (χ4v) is 5.06. The van der Waals surface area contributed by atoms with Crippen molar-refractivity contribution in [3.8, 4) is 5.75 Å². The molecule has 3 aromatic rings. The van der Waals surface area contributed by atoms with Gasteiger partial charge in [0.1, 0.15) is 10.8 Å². The van der Waals surface area contributed by atoms with Gasteiger partial charge in [-0.25, -0.2) is 4.98 Å². The number of carbonyl (C=O) groups is 2. The van der Waals surface area contributed by atoms with E-state index in [9.17, 15) is 19.8 Å². The van der Waals surface area contributed by atoms with E-state index in [0.717, 1.165) is 35.4 Å². The molecular formula is C26H29N3O5S. The lowest BCUT2D eigenvalue weighted by Crippen LogP contribution is -2.50. The predicted molar refractivity (Wildman–Crippen MR) is 132 cm³/mol. The minimum Gasteiger partial charge on any atom is -0.496 e. The minimum atomic E-state index is -1.87. The van der Waals surface area contributed by atoms with Gasteiger partial charge in [0, 0.05) is 23.9 Å². The van der Waals surface area contributed by atoms with Crippen LogP contribution in [0.2, 0.25) is 0 Å². The number of benzene rings is 2. The number of hydrogen-bond acceptors (Lipinski definition) is 7. The van der Waals surface area contributed by atoms with Gasteiger partial charge in [0.2, 0.25) is 0 Å². The van der Waals surface area contributed by atoms with Gasteiger partial charge in [-0.05, 0) is 24.5 Å². The molecule has 0 radical (unpaired) electrons. The number of rotatable bonds is 9. The van der Waals surface area contributed by atoms with Gasteiger partial charge in [0.05, 0.1) is 25.4 Å². The summed E-state index contributed by atoms with van der Waals surface area (Å²) in [5.74, 6) is -0.681. The Hall–Kier alpha value is -3.27. The summed E-state index contributed by atoms with van der Waals surface area (Å²) >= 11 is 1.38. The van der Waals surface area contributed by atoms with Crippen LogP contribution in [0.5, 0.6) is 5.75 Å². The summed E-state index contributed by atoms with van der Waals surface area (Å²) in [5.41, 5.74) is 2.81. The maximum absolute atomic E-state index is 12.9. The molecular weight excluding hydrogens is 466 g/mol. The zero-order chi connectivity index (χ0) is 24.8. The lowest BCUT2D eigenvalue weighted by Gasteiger charge is -2.28. The standard InChI is InChI=1S/C26H29N3O5S/c1-34-21-12-6-5-10-18(21)14-19-16-35-22(28-19)15-27-25(32)23(30)24(31)26(33)29-13-7-11-20(29)17-8-3-2-4-9-17/h2-6,8-10,12,16,20,23-24,30-31H,7,11,13-15H2,1H3,(H,27,32)/t20?,23-,24-/m1/s1. The molecule has 1 fully saturated rings. The highest BCUT2D eigenvalue weighted by Crippen LogP contribution is 2.32. The number of nitrogens with zero attached hydrogens (tertiary/aromatic N) is 2. The van der Waals surface area contributed by atoms with Crippen LogP contribution in [0.4, 0.5) is 0 Å². The molecule has 8 nitrogen and oxygen atoms in total. The summed E-state index contributed by atoms with van der Waals surface area (Å²) in [7, 11) is 1.62. The summed E-state index contributed by atoms with van der Waals surface area (Å²) in [4.78, 5) is 31.4. The van der Waals surface area contributed by atoms with Crippen LogP contribution in [-0.2, 0) is 22.6 Å². The Labute approximate surface area is 208 Å². The molecule has 0 bridgehead atoms. The molecule has 2 amide bonds. The molecule has 1 unspecified atom stereocenters. The minimum absolute atomic E-state index is 0.0871. The van der Waals surface area contributed by atoms with Gasteiger partial charge in [-0.3, -0.25) is 9.59 Å². The number of methoxy groups -OCH3 is 1. The van der Waals surface area contributed by atoms with Crippen molar-refractivity contribution >= 4 is 23.2 Å². The van der Waals surface area contributed by atoms with E-state index in [1.807, 2.05) is 60.0 Å². The first-order valence-electron chi connectivity index (χ1n) is 11.5. The maximum Gasteiger partial charge on any atom is 0.255 e. The number of para-hydroxylation sites is 1. The second-order valence-corrected chi connectivity index (χ2v) is 9.37. The van der Waals surface area contributed by atoms with Crippen LogP contribution < -0.4 is 10.1 Å². The summed E-state index contributed by atoms with van der Waals surface area (Å²) in [5, 5.41) is 26.0. The molecule has 1 saturated heterocycles. The number of nitrogens with one attached hydrogen (secondary N) is 1. The van der Waals surface area contributed by atoms with E-state index < -0.39 is 24.0 Å². The Morgan fingerprint density at radius 3 is 2.66 bits per heavy atom. The number of amides is 2. The third kappa shape index (κ3) is 5.87. The third-order valence-corrected chi connectivity index (χ3v) is 7.02. The fraction of sp³-hybridized carbons (Fsp3) is 0.346. The number of hydrogen-bond donors (Lipinski definition) is 3. The van der Waals surface area contributed by atoms with Crippen molar-refractivity contribution < 1.29 is 24.5 Å². The average molecular weight is 496 g/mol. The lowest BCUT2D eigenvalue weighted by molar-refractivity contribution is -0.153. The van der Waals surface area contributed by atoms with Crippen LogP contribution in [0.1, 0.15) is 40.7 Å². The van der Waals surface area contributed by atoms with Gasteiger partial charge in [0.15, 0.2) is 12.2 Å². The third-order valence-electron chi connectivity index (χ3n) is 6.12. The monoisotopic (exact) mass is 495 g/mol. The molecule has 3 atom stereocenters. The number of aliphatic hydroxyl groups is 2. The SMILES string of the molecule is COc1ccccc1Cc1csc(CNC(=O)[C@H](O)[C@@H](O)C(=O)N2CCCC2c2ccccc2)n1. The lowest BCUT2D eigenvalue weighted by atomic mass is 10.0. The van der Waals surface area contributed by atoms with Gasteiger partial charge in [0.25, 0.3) is 11.8 Å². The Morgan fingerprint density at radius 2 is 1.89 bits per heavy atom. The molecule has 0 saturated carbocycles. The molecule has 3 N–H and O–H groups in total. The second-order valence-electron chi connectivity index (χ2n) is 8.43. The molecule has 2 aromatic carbocycles. The van der Waals surface area contributed by atoms with E-state index in [1.165, 1.54) is 11.3 Å². The van der Waals surface area contributed by atoms with Crippen LogP contribution in [0.15, 0.2) is 60.0 Å². The number of carbonyl (C=O) groups excluding carboxylic acids is 2. The van der Waals surface area contributed by atoms with E-state index in [4.69, 9.17) is 4.74 Å². The van der Waals surface area contributed by atoms with Crippen LogP contribution >= 0.6 is 11.3 Å². The summed E-state index contributed by atoms with van der Waals surface area (Å²) < 4.78 is 5.38. The molecule has 35 heavy (non-hydrogen) atoms. The van der Waals surface area contributed by atoms with Crippen LogP contribution in [0.25, 0.3) is 0 Å². The zero-order valence-electron chi connectivity index (χ0n) is 19.5. The Morgan fingerprint density at radius 1 is 1.14 bits per heavy atom. The topological polar surface area (TPSA) is 112 Å². The molecule has 1 aliphatic rings. The van der Waals surface area contributed by atoms with Crippen molar-refractivity contribution in [2.24, 2.45) is 0 Å². The Kier molecular flexibility index (Phi) is 8.12. The summed E-state index contributed by atoms with van der Waals surface area (Å²) in [6.07, 6.45) is -1.56. The highest BCUT2D eigenvalue weighted by molar-refractivity contribution is 7.09. The van der Waals surface area contributed by atoms with E-state index in [1.54, 1.807) is 12.0 Å². The molecule has 9 heteroatoms.